The van der Waals surface area contributed by atoms with Crippen LogP contribution in [0.1, 0.15) is 10.4 Å². The number of methoxy groups -OCH3 is 1. The molecule has 0 saturated carbocycles. The molecule has 0 aliphatic heterocycles. The standard InChI is InChI=1S/C14H15N3O3/c1-17(2)14-15-9-8-12(16-14)20-11-6-4-10(5-7-11)13(18)19-3/h4-9H,1-3H3. The molecule has 1 aromatic carbocycles. The van der Waals surface area contributed by atoms with Gasteiger partial charge >= 0.3 is 5.97 Å². The number of benzene rings is 1. The van der Waals surface area contributed by atoms with Crippen LogP contribution >= 0.6 is 0 Å². The molecule has 0 amide bonds. The zero-order valence-electron chi connectivity index (χ0n) is 11.5. The summed E-state index contributed by atoms with van der Waals surface area (Å²) >= 11 is 0. The van der Waals surface area contributed by atoms with Crippen LogP contribution in [0, 0.1) is 0 Å². The minimum Gasteiger partial charge on any atom is -0.465 e. The van der Waals surface area contributed by atoms with Crippen LogP contribution in [0.3, 0.4) is 0 Å². The molecule has 0 spiro atoms. The number of nitrogens with zero attached hydrogens (tertiary/aromatic N) is 3. The molecule has 2 rings (SSSR count). The fourth-order valence-electron chi connectivity index (χ4n) is 1.50. The molecule has 2 aromatic rings. The van der Waals surface area contributed by atoms with E-state index < -0.39 is 0 Å². The van der Waals surface area contributed by atoms with Gasteiger partial charge in [0.05, 0.1) is 12.7 Å². The number of ether oxygens (including phenoxy) is 2. The number of hydrogen-bond acceptors (Lipinski definition) is 6. The van der Waals surface area contributed by atoms with Gasteiger partial charge in [-0.3, -0.25) is 0 Å². The zero-order chi connectivity index (χ0) is 14.5. The van der Waals surface area contributed by atoms with E-state index in [1.54, 1.807) is 41.4 Å². The molecule has 0 N–H and O–H groups in total. The molecule has 0 fully saturated rings. The summed E-state index contributed by atoms with van der Waals surface area (Å²) in [7, 11) is 5.05. The van der Waals surface area contributed by atoms with Crippen molar-refractivity contribution in [3.8, 4) is 11.6 Å². The van der Waals surface area contributed by atoms with E-state index in [1.165, 1.54) is 7.11 Å². The molecule has 0 aliphatic rings. The summed E-state index contributed by atoms with van der Waals surface area (Å²) in [6.07, 6.45) is 1.63. The van der Waals surface area contributed by atoms with Crippen LogP contribution in [0.25, 0.3) is 0 Å². The van der Waals surface area contributed by atoms with Crippen molar-refractivity contribution in [1.29, 1.82) is 0 Å². The molecule has 104 valence electrons. The number of carbonyl (C=O) groups is 1. The maximum atomic E-state index is 11.3. The van der Waals surface area contributed by atoms with E-state index in [1.807, 2.05) is 14.1 Å². The summed E-state index contributed by atoms with van der Waals surface area (Å²) in [6, 6.07) is 8.30. The highest BCUT2D eigenvalue weighted by molar-refractivity contribution is 5.89. The van der Waals surface area contributed by atoms with E-state index in [0.29, 0.717) is 23.1 Å². The van der Waals surface area contributed by atoms with Crippen LogP contribution in [0.4, 0.5) is 5.95 Å². The minimum atomic E-state index is -0.381. The lowest BCUT2D eigenvalue weighted by atomic mass is 10.2. The van der Waals surface area contributed by atoms with Crippen LogP contribution in [0.15, 0.2) is 36.5 Å². The van der Waals surface area contributed by atoms with E-state index in [9.17, 15) is 4.79 Å². The Hall–Kier alpha value is -2.63. The molecule has 0 radical (unpaired) electrons. The number of aromatic nitrogens is 2. The summed E-state index contributed by atoms with van der Waals surface area (Å²) in [5.41, 5.74) is 0.469. The van der Waals surface area contributed by atoms with Crippen LogP contribution in [-0.2, 0) is 4.74 Å². The van der Waals surface area contributed by atoms with E-state index in [4.69, 9.17) is 4.74 Å². The number of rotatable bonds is 4. The Morgan fingerprint density at radius 1 is 1.15 bits per heavy atom. The molecule has 0 aliphatic carbocycles. The first-order valence-corrected chi connectivity index (χ1v) is 5.97. The second-order valence-electron chi connectivity index (χ2n) is 4.21. The fraction of sp³-hybridized carbons (Fsp3) is 0.214. The Balaban J connectivity index is 2.14. The number of hydrogen-bond donors (Lipinski definition) is 0. The highest BCUT2D eigenvalue weighted by Gasteiger charge is 2.06. The summed E-state index contributed by atoms with van der Waals surface area (Å²) in [5.74, 6) is 1.21. The van der Waals surface area contributed by atoms with Gasteiger partial charge in [0.2, 0.25) is 11.8 Å². The first kappa shape index (κ1) is 13.8. The lowest BCUT2D eigenvalue weighted by molar-refractivity contribution is 0.0600. The third kappa shape index (κ3) is 3.23. The molecular formula is C14H15N3O3. The summed E-state index contributed by atoms with van der Waals surface area (Å²) in [5, 5.41) is 0. The van der Waals surface area contributed by atoms with Gasteiger partial charge in [-0.1, -0.05) is 0 Å². The summed E-state index contributed by atoms with van der Waals surface area (Å²) < 4.78 is 10.2. The highest BCUT2D eigenvalue weighted by atomic mass is 16.5. The van der Waals surface area contributed by atoms with Gasteiger partial charge < -0.3 is 14.4 Å². The molecule has 0 unspecified atom stereocenters. The normalized spacial score (nSPS) is 9.95. The fourth-order valence-corrected chi connectivity index (χ4v) is 1.50. The van der Waals surface area contributed by atoms with Gasteiger partial charge in [0.25, 0.3) is 0 Å². The van der Waals surface area contributed by atoms with Crippen molar-refractivity contribution in [2.45, 2.75) is 0 Å². The Kier molecular flexibility index (Phi) is 4.14. The van der Waals surface area contributed by atoms with E-state index >= 15 is 0 Å². The highest BCUT2D eigenvalue weighted by Crippen LogP contribution is 2.21. The average Bonchev–Trinajstić information content (AvgIpc) is 2.47. The van der Waals surface area contributed by atoms with E-state index in [2.05, 4.69) is 14.7 Å². The Labute approximate surface area is 117 Å². The monoisotopic (exact) mass is 273 g/mol. The number of esters is 1. The largest absolute Gasteiger partial charge is 0.465 e. The molecule has 6 heteroatoms. The van der Waals surface area contributed by atoms with E-state index in [-0.39, 0.29) is 5.97 Å². The van der Waals surface area contributed by atoms with Crippen molar-refractivity contribution in [1.82, 2.24) is 9.97 Å². The first-order valence-electron chi connectivity index (χ1n) is 5.97. The summed E-state index contributed by atoms with van der Waals surface area (Å²) in [4.78, 5) is 21.4. The van der Waals surface area contributed by atoms with Crippen LogP contribution in [-0.4, -0.2) is 37.1 Å². The molecule has 1 heterocycles. The third-order valence-corrected chi connectivity index (χ3v) is 2.52. The van der Waals surface area contributed by atoms with Gasteiger partial charge in [-0.15, -0.1) is 0 Å². The van der Waals surface area contributed by atoms with Crippen molar-refractivity contribution < 1.29 is 14.3 Å². The predicted molar refractivity (Wildman–Crippen MR) is 74.2 cm³/mol. The lowest BCUT2D eigenvalue weighted by Crippen LogP contribution is -2.12. The maximum absolute atomic E-state index is 11.3. The first-order chi connectivity index (χ1) is 9.60. The van der Waals surface area contributed by atoms with Crippen molar-refractivity contribution in [3.05, 3.63) is 42.1 Å². The van der Waals surface area contributed by atoms with Crippen LogP contribution in [0.2, 0.25) is 0 Å². The van der Waals surface area contributed by atoms with Gasteiger partial charge in [0, 0.05) is 26.4 Å². The molecule has 0 saturated heterocycles. The van der Waals surface area contributed by atoms with Crippen LogP contribution < -0.4 is 9.64 Å². The van der Waals surface area contributed by atoms with Crippen LogP contribution in [0.5, 0.6) is 11.6 Å². The van der Waals surface area contributed by atoms with Crippen molar-refractivity contribution in [3.63, 3.8) is 0 Å². The lowest BCUT2D eigenvalue weighted by Gasteiger charge is -2.11. The molecular weight excluding hydrogens is 258 g/mol. The number of carbonyl (C=O) groups excluding carboxylic acids is 1. The van der Waals surface area contributed by atoms with Gasteiger partial charge in [0.15, 0.2) is 0 Å². The maximum Gasteiger partial charge on any atom is 0.337 e. The smallest absolute Gasteiger partial charge is 0.337 e. The molecule has 0 bridgehead atoms. The Morgan fingerprint density at radius 3 is 2.45 bits per heavy atom. The van der Waals surface area contributed by atoms with Crippen molar-refractivity contribution in [2.75, 3.05) is 26.1 Å². The van der Waals surface area contributed by atoms with Gasteiger partial charge in [0.1, 0.15) is 5.75 Å². The predicted octanol–water partition coefficient (Wildman–Crippen LogP) is 2.12. The Bertz CT molecular complexity index is 597. The number of anilines is 1. The SMILES string of the molecule is COC(=O)c1ccc(Oc2ccnc(N(C)C)n2)cc1. The minimum absolute atomic E-state index is 0.381. The zero-order valence-corrected chi connectivity index (χ0v) is 11.5. The molecule has 1 aromatic heterocycles. The van der Waals surface area contributed by atoms with Gasteiger partial charge in [-0.25, -0.2) is 9.78 Å². The Morgan fingerprint density at radius 2 is 1.85 bits per heavy atom. The van der Waals surface area contributed by atoms with E-state index in [0.717, 1.165) is 0 Å². The molecule has 20 heavy (non-hydrogen) atoms. The average molecular weight is 273 g/mol. The second kappa shape index (κ2) is 6.01. The summed E-state index contributed by atoms with van der Waals surface area (Å²) in [6.45, 7) is 0. The topological polar surface area (TPSA) is 64.6 Å². The second-order valence-corrected chi connectivity index (χ2v) is 4.21. The van der Waals surface area contributed by atoms with Crippen molar-refractivity contribution in [2.24, 2.45) is 0 Å². The van der Waals surface area contributed by atoms with Gasteiger partial charge in [-0.2, -0.15) is 4.98 Å². The third-order valence-electron chi connectivity index (χ3n) is 2.52. The van der Waals surface area contributed by atoms with Crippen molar-refractivity contribution >= 4 is 11.9 Å². The van der Waals surface area contributed by atoms with Gasteiger partial charge in [-0.05, 0) is 24.3 Å². The quantitative estimate of drug-likeness (QED) is 0.795. The molecule has 0 atom stereocenters. The molecule has 6 nitrogen and oxygen atoms in total.